The maximum atomic E-state index is 5.32. The van der Waals surface area contributed by atoms with Crippen molar-refractivity contribution in [1.82, 2.24) is 10.6 Å². The predicted molar refractivity (Wildman–Crippen MR) is 78.2 cm³/mol. The van der Waals surface area contributed by atoms with Gasteiger partial charge in [0.1, 0.15) is 0 Å². The molecule has 0 atom stereocenters. The molecule has 0 bridgehead atoms. The molecule has 17 heavy (non-hydrogen) atoms. The Kier molecular flexibility index (Phi) is 13.9. The quantitative estimate of drug-likeness (QED) is 0.507. The molecule has 0 aromatic rings. The Morgan fingerprint density at radius 1 is 0.941 bits per heavy atom. The summed E-state index contributed by atoms with van der Waals surface area (Å²) in [5.41, 5.74) is 10.8. The molecule has 0 aliphatic heterocycles. The van der Waals surface area contributed by atoms with Gasteiger partial charge in [0.05, 0.1) is 0 Å². The van der Waals surface area contributed by atoms with Crippen molar-refractivity contribution < 1.29 is 0 Å². The van der Waals surface area contributed by atoms with E-state index in [2.05, 4.69) is 45.3 Å². The largest absolute Gasteiger partial charge is 0.330 e. The molecule has 0 aromatic carbocycles. The van der Waals surface area contributed by atoms with Crippen LogP contribution in [0.4, 0.5) is 0 Å². The molecule has 0 fully saturated rings. The number of hydrogen-bond acceptors (Lipinski definition) is 4. The molecule has 0 aromatic heterocycles. The van der Waals surface area contributed by atoms with Crippen LogP contribution in [0, 0.1) is 0 Å². The summed E-state index contributed by atoms with van der Waals surface area (Å²) in [5, 5.41) is 6.61. The summed E-state index contributed by atoms with van der Waals surface area (Å²) in [6, 6.07) is 0.599. The van der Waals surface area contributed by atoms with Gasteiger partial charge in [-0.1, -0.05) is 13.8 Å². The number of nitrogens with one attached hydrogen (secondary N) is 2. The van der Waals surface area contributed by atoms with Crippen molar-refractivity contribution >= 4 is 0 Å². The predicted octanol–water partition coefficient (Wildman–Crippen LogP) is 1.06. The molecule has 0 heterocycles. The minimum absolute atomic E-state index is 0.245. The second-order valence-electron chi connectivity index (χ2n) is 5.57. The van der Waals surface area contributed by atoms with Gasteiger partial charge in [-0.2, -0.15) is 0 Å². The van der Waals surface area contributed by atoms with Crippen LogP contribution in [0.15, 0.2) is 0 Å². The summed E-state index contributed by atoms with van der Waals surface area (Å²) in [7, 11) is 0. The highest BCUT2D eigenvalue weighted by Gasteiger charge is 2.06. The summed E-state index contributed by atoms with van der Waals surface area (Å²) in [4.78, 5) is 0. The first-order valence-electron chi connectivity index (χ1n) is 6.72. The number of hydrogen-bond donors (Lipinski definition) is 4. The van der Waals surface area contributed by atoms with Gasteiger partial charge in [-0.25, -0.2) is 0 Å². The topological polar surface area (TPSA) is 76.1 Å². The van der Waals surface area contributed by atoms with E-state index in [1.165, 1.54) is 0 Å². The monoisotopic (exact) mass is 246 g/mol. The zero-order chi connectivity index (χ0) is 13.7. The molecular formula is C13H34N4. The number of nitrogens with two attached hydrogens (primary N) is 2. The van der Waals surface area contributed by atoms with Crippen molar-refractivity contribution in [2.24, 2.45) is 11.5 Å². The smallest absolute Gasteiger partial charge is 0.00965 e. The molecule has 0 aliphatic rings. The third-order valence-electron chi connectivity index (χ3n) is 1.97. The first-order valence-corrected chi connectivity index (χ1v) is 6.72. The third kappa shape index (κ3) is 25.8. The van der Waals surface area contributed by atoms with Gasteiger partial charge >= 0.3 is 0 Å². The maximum absolute atomic E-state index is 5.32. The molecule has 0 saturated heterocycles. The summed E-state index contributed by atoms with van der Waals surface area (Å²) in [6.07, 6.45) is 2.15. The zero-order valence-electron chi connectivity index (χ0n) is 12.5. The van der Waals surface area contributed by atoms with E-state index in [1.807, 2.05) is 0 Å². The number of rotatable bonds is 7. The van der Waals surface area contributed by atoms with Crippen molar-refractivity contribution in [3.8, 4) is 0 Å². The zero-order valence-corrected chi connectivity index (χ0v) is 12.5. The van der Waals surface area contributed by atoms with Crippen LogP contribution in [0.1, 0.15) is 47.5 Å². The minimum Gasteiger partial charge on any atom is -0.330 e. The molecule has 0 spiro atoms. The fraction of sp³-hybridized carbons (Fsp3) is 1.00. The van der Waals surface area contributed by atoms with E-state index in [0.717, 1.165) is 39.0 Å². The Balaban J connectivity index is 0. The van der Waals surface area contributed by atoms with Crippen molar-refractivity contribution in [2.45, 2.75) is 59.0 Å². The molecule has 0 amide bonds. The third-order valence-corrected chi connectivity index (χ3v) is 1.97. The van der Waals surface area contributed by atoms with E-state index in [4.69, 9.17) is 11.5 Å². The highest BCUT2D eigenvalue weighted by atomic mass is 14.9. The van der Waals surface area contributed by atoms with Gasteiger partial charge in [0.2, 0.25) is 0 Å². The lowest BCUT2D eigenvalue weighted by atomic mass is 10.1. The highest BCUT2D eigenvalue weighted by Crippen LogP contribution is 1.96. The van der Waals surface area contributed by atoms with Crippen LogP contribution in [0.5, 0.6) is 0 Å². The lowest BCUT2D eigenvalue weighted by Crippen LogP contribution is -2.36. The van der Waals surface area contributed by atoms with Crippen LogP contribution in [0.25, 0.3) is 0 Å². The van der Waals surface area contributed by atoms with Gasteiger partial charge in [0, 0.05) is 11.6 Å². The molecule has 0 saturated carbocycles. The van der Waals surface area contributed by atoms with Crippen LogP contribution in [-0.2, 0) is 0 Å². The van der Waals surface area contributed by atoms with Gasteiger partial charge in [0.25, 0.3) is 0 Å². The van der Waals surface area contributed by atoms with Gasteiger partial charge in [-0.3, -0.25) is 0 Å². The lowest BCUT2D eigenvalue weighted by Gasteiger charge is -2.19. The van der Waals surface area contributed by atoms with Gasteiger partial charge in [0.15, 0.2) is 0 Å². The molecule has 0 unspecified atom stereocenters. The summed E-state index contributed by atoms with van der Waals surface area (Å²) in [5.74, 6) is 0. The van der Waals surface area contributed by atoms with E-state index < -0.39 is 0 Å². The molecule has 4 nitrogen and oxygen atoms in total. The Morgan fingerprint density at radius 3 is 1.76 bits per heavy atom. The normalized spacial score (nSPS) is 11.3. The first kappa shape index (κ1) is 19.2. The van der Waals surface area contributed by atoms with E-state index in [9.17, 15) is 0 Å². The molecule has 0 rings (SSSR count). The average Bonchev–Trinajstić information content (AvgIpc) is 2.17. The van der Waals surface area contributed by atoms with Crippen molar-refractivity contribution in [1.29, 1.82) is 0 Å². The fourth-order valence-electron chi connectivity index (χ4n) is 1.06. The summed E-state index contributed by atoms with van der Waals surface area (Å²) in [6.45, 7) is 14.4. The van der Waals surface area contributed by atoms with Gasteiger partial charge in [-0.05, 0) is 59.8 Å². The highest BCUT2D eigenvalue weighted by molar-refractivity contribution is 4.69. The second-order valence-corrected chi connectivity index (χ2v) is 5.57. The molecule has 0 radical (unpaired) electrons. The van der Waals surface area contributed by atoms with E-state index in [0.29, 0.717) is 6.04 Å². The first-order chi connectivity index (χ1) is 7.83. The lowest BCUT2D eigenvalue weighted by molar-refractivity contribution is 0.424. The van der Waals surface area contributed by atoms with Gasteiger partial charge in [-0.15, -0.1) is 0 Å². The standard InChI is InChI=1S/C7H18N2.C6H16N2/c1-7(2,3)9-6-4-5-8;1-6(2)8-5-3-4-7/h9H,4-6,8H2,1-3H3;6,8H,3-5,7H2,1-2H3. The van der Waals surface area contributed by atoms with Gasteiger partial charge < -0.3 is 22.1 Å². The minimum atomic E-state index is 0.245. The van der Waals surface area contributed by atoms with Crippen LogP contribution < -0.4 is 22.1 Å². The maximum Gasteiger partial charge on any atom is 0.00965 e. The Bertz CT molecular complexity index is 141. The van der Waals surface area contributed by atoms with Crippen molar-refractivity contribution in [3.05, 3.63) is 0 Å². The van der Waals surface area contributed by atoms with E-state index >= 15 is 0 Å². The Hall–Kier alpha value is -0.160. The Morgan fingerprint density at radius 2 is 1.41 bits per heavy atom. The molecule has 0 aliphatic carbocycles. The average molecular weight is 246 g/mol. The summed E-state index contributed by atoms with van der Waals surface area (Å²) >= 11 is 0. The second kappa shape index (κ2) is 12.3. The van der Waals surface area contributed by atoms with Crippen LogP contribution >= 0.6 is 0 Å². The molecule has 106 valence electrons. The summed E-state index contributed by atoms with van der Waals surface area (Å²) < 4.78 is 0. The van der Waals surface area contributed by atoms with Crippen molar-refractivity contribution in [2.75, 3.05) is 26.2 Å². The van der Waals surface area contributed by atoms with Crippen LogP contribution in [-0.4, -0.2) is 37.8 Å². The van der Waals surface area contributed by atoms with E-state index in [-0.39, 0.29) is 5.54 Å². The SMILES string of the molecule is CC(C)(C)NCCCN.CC(C)NCCCN. The van der Waals surface area contributed by atoms with Crippen LogP contribution in [0.3, 0.4) is 0 Å². The van der Waals surface area contributed by atoms with Crippen LogP contribution in [0.2, 0.25) is 0 Å². The molecule has 6 N–H and O–H groups in total. The molecular weight excluding hydrogens is 212 g/mol. The fourth-order valence-corrected chi connectivity index (χ4v) is 1.06. The Labute approximate surface area is 108 Å². The van der Waals surface area contributed by atoms with Crippen molar-refractivity contribution in [3.63, 3.8) is 0 Å². The molecule has 4 heteroatoms. The van der Waals surface area contributed by atoms with E-state index in [1.54, 1.807) is 0 Å².